The molecule has 6 nitrogen and oxygen atoms in total. The van der Waals surface area contributed by atoms with Crippen LogP contribution in [0.2, 0.25) is 0 Å². The van der Waals surface area contributed by atoms with Gasteiger partial charge in [0.1, 0.15) is 6.04 Å². The molecular weight excluding hydrogens is 350 g/mol. The van der Waals surface area contributed by atoms with Gasteiger partial charge in [-0.1, -0.05) is 71.1 Å². The molecule has 0 spiro atoms. The quantitative estimate of drug-likeness (QED) is 0.257. The number of aromatic nitrogens is 2. The highest BCUT2D eigenvalue weighted by Gasteiger charge is 2.33. The Hall–Kier alpha value is -1.37. The molecule has 1 aliphatic rings. The third-order valence-corrected chi connectivity index (χ3v) is 5.65. The van der Waals surface area contributed by atoms with E-state index in [0.29, 0.717) is 16.9 Å². The van der Waals surface area contributed by atoms with E-state index in [4.69, 9.17) is 4.42 Å². The first-order chi connectivity index (χ1) is 12.6. The van der Waals surface area contributed by atoms with Crippen molar-refractivity contribution in [3.8, 4) is 0 Å². The van der Waals surface area contributed by atoms with E-state index >= 15 is 0 Å². The summed E-state index contributed by atoms with van der Waals surface area (Å²) >= 11 is 1.44. The van der Waals surface area contributed by atoms with Crippen molar-refractivity contribution >= 4 is 24.0 Å². The van der Waals surface area contributed by atoms with Crippen molar-refractivity contribution in [3.05, 3.63) is 5.89 Å². The van der Waals surface area contributed by atoms with Gasteiger partial charge in [0, 0.05) is 11.3 Å². The van der Waals surface area contributed by atoms with Crippen molar-refractivity contribution in [2.45, 2.75) is 101 Å². The van der Waals surface area contributed by atoms with Crippen LogP contribution in [0.5, 0.6) is 0 Å². The topological polar surface area (TPSA) is 76.3 Å². The summed E-state index contributed by atoms with van der Waals surface area (Å²) in [5.74, 6) is -0.201. The van der Waals surface area contributed by atoms with Gasteiger partial charge in [-0.15, -0.1) is 10.2 Å². The van der Waals surface area contributed by atoms with Crippen molar-refractivity contribution in [1.29, 1.82) is 0 Å². The first-order valence-corrected chi connectivity index (χ1v) is 10.7. The SMILES string of the molecule is CCCC[C@@H](C(=O)c1nnc(SC(C)C)o1)N(C=O)C1CCCCCC1. The van der Waals surface area contributed by atoms with E-state index in [2.05, 4.69) is 17.1 Å². The minimum Gasteiger partial charge on any atom is -0.408 e. The Labute approximate surface area is 160 Å². The fraction of sp³-hybridized carbons (Fsp3) is 0.789. The van der Waals surface area contributed by atoms with E-state index in [1.54, 1.807) is 4.90 Å². The molecule has 1 atom stereocenters. The summed E-state index contributed by atoms with van der Waals surface area (Å²) in [5, 5.41) is 8.63. The number of unbranched alkanes of at least 4 members (excludes halogenated alkanes) is 1. The van der Waals surface area contributed by atoms with Gasteiger partial charge >= 0.3 is 0 Å². The molecule has 0 N–H and O–H groups in total. The van der Waals surface area contributed by atoms with Crippen molar-refractivity contribution in [2.24, 2.45) is 0 Å². The Kier molecular flexibility index (Phi) is 8.62. The zero-order chi connectivity index (χ0) is 18.9. The lowest BCUT2D eigenvalue weighted by Crippen LogP contribution is -2.46. The van der Waals surface area contributed by atoms with Crippen LogP contribution < -0.4 is 0 Å². The molecule has 0 unspecified atom stereocenters. The summed E-state index contributed by atoms with van der Waals surface area (Å²) in [6.45, 7) is 6.14. The van der Waals surface area contributed by atoms with Gasteiger partial charge in [0.05, 0.1) is 0 Å². The van der Waals surface area contributed by atoms with Crippen LogP contribution in [0.1, 0.15) is 89.2 Å². The number of nitrogens with zero attached hydrogens (tertiary/aromatic N) is 3. The van der Waals surface area contributed by atoms with Gasteiger partial charge in [0.15, 0.2) is 0 Å². The van der Waals surface area contributed by atoms with E-state index in [9.17, 15) is 9.59 Å². The zero-order valence-corrected chi connectivity index (χ0v) is 17.0. The van der Waals surface area contributed by atoms with Gasteiger partial charge in [-0.25, -0.2) is 0 Å². The van der Waals surface area contributed by atoms with Crippen LogP contribution in [0.3, 0.4) is 0 Å². The van der Waals surface area contributed by atoms with Gasteiger partial charge in [0.25, 0.3) is 11.1 Å². The molecule has 1 amide bonds. The minimum atomic E-state index is -0.507. The highest BCUT2D eigenvalue weighted by atomic mass is 32.2. The molecule has 146 valence electrons. The Bertz CT molecular complexity index is 568. The highest BCUT2D eigenvalue weighted by Crippen LogP contribution is 2.27. The largest absolute Gasteiger partial charge is 0.408 e. The van der Waals surface area contributed by atoms with Crippen LogP contribution in [0.25, 0.3) is 0 Å². The third kappa shape index (κ3) is 5.83. The molecule has 0 saturated heterocycles. The smallest absolute Gasteiger partial charge is 0.286 e. The van der Waals surface area contributed by atoms with Gasteiger partial charge < -0.3 is 9.32 Å². The number of amides is 1. The van der Waals surface area contributed by atoms with Gasteiger partial charge in [-0.05, 0) is 19.3 Å². The number of thioether (sulfide) groups is 1. The number of carbonyl (C=O) groups excluding carboxylic acids is 2. The molecule has 1 aliphatic carbocycles. The predicted octanol–water partition coefficient (Wildman–Crippen LogP) is 4.49. The number of Topliss-reactive ketones (excluding diaryl/α,β-unsaturated/α-hetero) is 1. The maximum atomic E-state index is 13.1. The first kappa shape index (κ1) is 20.9. The number of hydrogen-bond acceptors (Lipinski definition) is 6. The molecule has 0 aromatic carbocycles. The maximum Gasteiger partial charge on any atom is 0.286 e. The highest BCUT2D eigenvalue weighted by molar-refractivity contribution is 7.99. The van der Waals surface area contributed by atoms with Crippen LogP contribution in [-0.2, 0) is 4.79 Å². The second-order valence-electron chi connectivity index (χ2n) is 7.26. The van der Waals surface area contributed by atoms with E-state index in [1.807, 2.05) is 13.8 Å². The van der Waals surface area contributed by atoms with Crippen molar-refractivity contribution in [3.63, 3.8) is 0 Å². The third-order valence-electron chi connectivity index (χ3n) is 4.82. The molecule has 1 aromatic heterocycles. The van der Waals surface area contributed by atoms with Crippen molar-refractivity contribution in [2.75, 3.05) is 0 Å². The van der Waals surface area contributed by atoms with Crippen LogP contribution in [0.15, 0.2) is 9.64 Å². The monoisotopic (exact) mass is 381 g/mol. The molecule has 1 heterocycles. The second kappa shape index (κ2) is 10.7. The Balaban J connectivity index is 2.18. The van der Waals surface area contributed by atoms with E-state index in [0.717, 1.165) is 44.9 Å². The number of hydrogen-bond donors (Lipinski definition) is 0. The second-order valence-corrected chi connectivity index (χ2v) is 8.79. The van der Waals surface area contributed by atoms with E-state index in [1.165, 1.54) is 24.6 Å². The molecule has 7 heteroatoms. The first-order valence-electron chi connectivity index (χ1n) is 9.83. The Morgan fingerprint density at radius 1 is 1.27 bits per heavy atom. The average molecular weight is 382 g/mol. The lowest BCUT2D eigenvalue weighted by atomic mass is 9.99. The number of rotatable bonds is 10. The summed E-state index contributed by atoms with van der Waals surface area (Å²) in [6.07, 6.45) is 9.91. The van der Waals surface area contributed by atoms with Gasteiger partial charge in [-0.2, -0.15) is 0 Å². The molecule has 26 heavy (non-hydrogen) atoms. The van der Waals surface area contributed by atoms with Crippen LogP contribution >= 0.6 is 11.8 Å². The molecule has 2 rings (SSSR count). The Morgan fingerprint density at radius 3 is 2.54 bits per heavy atom. The van der Waals surface area contributed by atoms with Crippen molar-refractivity contribution in [1.82, 2.24) is 15.1 Å². The van der Waals surface area contributed by atoms with Crippen molar-refractivity contribution < 1.29 is 14.0 Å². The molecule has 1 fully saturated rings. The van der Waals surface area contributed by atoms with Gasteiger partial charge in [-0.3, -0.25) is 9.59 Å². The fourth-order valence-corrected chi connectivity index (χ4v) is 4.10. The fourth-order valence-electron chi connectivity index (χ4n) is 3.48. The zero-order valence-electron chi connectivity index (χ0n) is 16.1. The summed E-state index contributed by atoms with van der Waals surface area (Å²) < 4.78 is 5.57. The normalized spacial score (nSPS) is 17.1. The van der Waals surface area contributed by atoms with E-state index < -0.39 is 6.04 Å². The van der Waals surface area contributed by atoms with Crippen LogP contribution in [0, 0.1) is 0 Å². The lowest BCUT2D eigenvalue weighted by Gasteiger charge is -2.33. The Morgan fingerprint density at radius 2 is 1.96 bits per heavy atom. The van der Waals surface area contributed by atoms with Gasteiger partial charge in [0.2, 0.25) is 12.2 Å². The standard InChI is InChI=1S/C19H31N3O3S/c1-4-5-12-16(22(13-23)15-10-8-6-7-9-11-15)17(24)18-20-21-19(25-18)26-14(2)3/h13-16H,4-12H2,1-3H3/t16-/m0/s1. The molecule has 0 aliphatic heterocycles. The maximum absolute atomic E-state index is 13.1. The average Bonchev–Trinajstić information content (AvgIpc) is 2.90. The number of ketones is 1. The lowest BCUT2D eigenvalue weighted by molar-refractivity contribution is -0.122. The summed E-state index contributed by atoms with van der Waals surface area (Å²) in [6, 6.07) is -0.374. The molecule has 0 bridgehead atoms. The predicted molar refractivity (Wildman–Crippen MR) is 102 cm³/mol. The molecule has 1 aromatic rings. The van der Waals surface area contributed by atoms with Crippen LogP contribution in [0.4, 0.5) is 0 Å². The molecule has 1 saturated carbocycles. The minimum absolute atomic E-state index is 0.0229. The summed E-state index contributed by atoms with van der Waals surface area (Å²) in [4.78, 5) is 26.7. The number of carbonyl (C=O) groups is 2. The van der Waals surface area contributed by atoms with E-state index in [-0.39, 0.29) is 17.7 Å². The summed E-state index contributed by atoms with van der Waals surface area (Å²) in [5.41, 5.74) is 0. The molecule has 0 radical (unpaired) electrons. The summed E-state index contributed by atoms with van der Waals surface area (Å²) in [7, 11) is 0. The molecular formula is C19H31N3O3S. The van der Waals surface area contributed by atoms with Crippen LogP contribution in [-0.4, -0.2) is 44.6 Å².